The van der Waals surface area contributed by atoms with E-state index in [4.69, 9.17) is 0 Å². The molecule has 2 aliphatic heterocycles. The van der Waals surface area contributed by atoms with Crippen molar-refractivity contribution < 1.29 is 4.79 Å². The molecule has 0 amide bonds. The molecule has 2 aromatic carbocycles. The lowest BCUT2D eigenvalue weighted by molar-refractivity contribution is -0.174. The van der Waals surface area contributed by atoms with Crippen molar-refractivity contribution >= 4 is 5.78 Å². The Morgan fingerprint density at radius 3 is 1.02 bits per heavy atom. The number of nitrogens with zero attached hydrogens (tertiary/aromatic N) is 2. The molecule has 2 saturated heterocycles. The van der Waals surface area contributed by atoms with Gasteiger partial charge >= 0.3 is 0 Å². The van der Waals surface area contributed by atoms with Crippen LogP contribution in [0.3, 0.4) is 0 Å². The second kappa shape index (κ2) is 8.60. The molecule has 0 N–H and O–H groups in total. The lowest BCUT2D eigenvalue weighted by Gasteiger charge is -2.69. The lowest BCUT2D eigenvalue weighted by Crippen LogP contribution is -2.79. The van der Waals surface area contributed by atoms with E-state index in [2.05, 4.69) is 70.5 Å². The van der Waals surface area contributed by atoms with Crippen LogP contribution in [0, 0.1) is 35.5 Å². The van der Waals surface area contributed by atoms with Gasteiger partial charge in [0.25, 0.3) is 0 Å². The molecule has 220 valence electrons. The summed E-state index contributed by atoms with van der Waals surface area (Å²) in [5.41, 5.74) is 2.27. The average Bonchev–Trinajstić information content (AvgIpc) is 2.97. The van der Waals surface area contributed by atoms with E-state index in [-0.39, 0.29) is 0 Å². The van der Waals surface area contributed by atoms with Crippen molar-refractivity contribution in [3.05, 3.63) is 71.8 Å². The maximum Gasteiger partial charge on any atom is 0.159 e. The summed E-state index contributed by atoms with van der Waals surface area (Å²) >= 11 is 0. The van der Waals surface area contributed by atoms with E-state index < -0.39 is 10.8 Å². The van der Waals surface area contributed by atoms with E-state index in [0.717, 1.165) is 61.7 Å². The molecule has 0 atom stereocenters. The maximum atomic E-state index is 15.5. The normalized spacial score (nSPS) is 49.1. The molecule has 12 rings (SSSR count). The van der Waals surface area contributed by atoms with Gasteiger partial charge in [-0.05, 0) is 124 Å². The van der Waals surface area contributed by atoms with E-state index >= 15 is 4.79 Å². The third-order valence-corrected chi connectivity index (χ3v) is 14.7. The third-order valence-electron chi connectivity index (χ3n) is 14.7. The van der Waals surface area contributed by atoms with E-state index in [1.807, 2.05) is 0 Å². The smallest absolute Gasteiger partial charge is 0.159 e. The molecule has 10 bridgehead atoms. The van der Waals surface area contributed by atoms with Gasteiger partial charge in [-0.3, -0.25) is 14.6 Å². The topological polar surface area (TPSA) is 23.6 Å². The highest BCUT2D eigenvalue weighted by Crippen LogP contribution is 2.63. The summed E-state index contributed by atoms with van der Waals surface area (Å²) < 4.78 is 0. The SMILES string of the molecule is O=C1C2(c3ccccc3)CN(C34CC5CC(CC(C5)C3)C4)CC1(c1ccccc1)CN(C13CC4CC(CC(C4)C1)C3)C2. The number of benzene rings is 2. The van der Waals surface area contributed by atoms with Crippen LogP contribution in [0.15, 0.2) is 60.7 Å². The number of carbonyl (C=O) groups excluding carboxylic acids is 1. The summed E-state index contributed by atoms with van der Waals surface area (Å²) in [6.07, 6.45) is 17.1. The fourth-order valence-corrected chi connectivity index (χ4v) is 14.0. The Hall–Kier alpha value is -1.97. The minimum Gasteiger partial charge on any atom is -0.297 e. The standard InChI is InChI=1S/C39H48N2O/c42-35-38(33-7-3-1-4-8-33)23-40(36-17-27-11-28(18-36)13-29(12-27)19-36)25-39(35,34-9-5-2-6-10-34)26-41(24-38)37-20-30-14-31(21-37)16-32(15-30)22-37/h1-10,27-32H,11-26H2. The van der Waals surface area contributed by atoms with Crippen LogP contribution in [0.2, 0.25) is 0 Å². The fourth-order valence-electron chi connectivity index (χ4n) is 14.0. The Balaban J connectivity index is 1.15. The van der Waals surface area contributed by atoms with E-state index in [1.165, 1.54) is 88.2 Å². The molecule has 42 heavy (non-hydrogen) atoms. The Kier molecular flexibility index (Phi) is 5.19. The number of piperidine rings is 2. The molecule has 10 aliphatic rings. The van der Waals surface area contributed by atoms with Gasteiger partial charge in [0.05, 0.1) is 10.8 Å². The largest absolute Gasteiger partial charge is 0.297 e. The molecule has 2 heterocycles. The highest BCUT2D eigenvalue weighted by atomic mass is 16.1. The van der Waals surface area contributed by atoms with Gasteiger partial charge in [0.2, 0.25) is 0 Å². The molecule has 0 radical (unpaired) electrons. The second-order valence-corrected chi connectivity index (χ2v) is 17.2. The monoisotopic (exact) mass is 560 g/mol. The Morgan fingerprint density at radius 2 is 0.738 bits per heavy atom. The van der Waals surface area contributed by atoms with Crippen molar-refractivity contribution in [2.75, 3.05) is 26.2 Å². The zero-order valence-electron chi connectivity index (χ0n) is 25.4. The van der Waals surface area contributed by atoms with Crippen LogP contribution in [0.25, 0.3) is 0 Å². The predicted octanol–water partition coefficient (Wildman–Crippen LogP) is 7.00. The van der Waals surface area contributed by atoms with Gasteiger partial charge in [-0.25, -0.2) is 0 Å². The Bertz CT molecular complexity index is 1210. The Morgan fingerprint density at radius 1 is 0.452 bits per heavy atom. The molecule has 3 nitrogen and oxygen atoms in total. The first kappa shape index (κ1) is 25.4. The van der Waals surface area contributed by atoms with Crippen LogP contribution in [-0.2, 0) is 15.6 Å². The van der Waals surface area contributed by atoms with Crippen LogP contribution < -0.4 is 0 Å². The van der Waals surface area contributed by atoms with Gasteiger partial charge in [0, 0.05) is 37.3 Å². The zero-order valence-corrected chi connectivity index (χ0v) is 25.4. The summed E-state index contributed by atoms with van der Waals surface area (Å²) in [5.74, 6) is 6.02. The van der Waals surface area contributed by atoms with Crippen molar-refractivity contribution in [2.45, 2.75) is 99.0 Å². The number of hydrogen-bond acceptors (Lipinski definition) is 3. The number of rotatable bonds is 4. The van der Waals surface area contributed by atoms with Gasteiger partial charge in [-0.15, -0.1) is 0 Å². The number of ketones is 1. The molecule has 2 aromatic rings. The molecular weight excluding hydrogens is 512 g/mol. The first-order chi connectivity index (χ1) is 20.5. The van der Waals surface area contributed by atoms with Crippen LogP contribution in [0.4, 0.5) is 0 Å². The van der Waals surface area contributed by atoms with Crippen LogP contribution in [-0.4, -0.2) is 52.8 Å². The fraction of sp³-hybridized carbons (Fsp3) is 0.667. The van der Waals surface area contributed by atoms with Gasteiger partial charge < -0.3 is 0 Å². The van der Waals surface area contributed by atoms with Crippen LogP contribution in [0.5, 0.6) is 0 Å². The molecule has 8 saturated carbocycles. The van der Waals surface area contributed by atoms with Gasteiger partial charge in [0.15, 0.2) is 5.78 Å². The molecule has 0 spiro atoms. The highest BCUT2D eigenvalue weighted by molar-refractivity contribution is 6.01. The first-order valence-electron chi connectivity index (χ1n) is 17.6. The average molecular weight is 561 g/mol. The maximum absolute atomic E-state index is 15.5. The number of fused-ring (bicyclic) bond motifs is 2. The quantitative estimate of drug-likeness (QED) is 0.402. The van der Waals surface area contributed by atoms with E-state index in [9.17, 15) is 0 Å². The van der Waals surface area contributed by atoms with Gasteiger partial charge in [-0.1, -0.05) is 60.7 Å². The summed E-state index contributed by atoms with van der Waals surface area (Å²) in [7, 11) is 0. The molecule has 8 aliphatic carbocycles. The number of hydrogen-bond donors (Lipinski definition) is 0. The number of Topliss-reactive ketones (excluding diaryl/α,β-unsaturated/α-hetero) is 1. The van der Waals surface area contributed by atoms with Crippen LogP contribution in [0.1, 0.15) is 88.2 Å². The van der Waals surface area contributed by atoms with Crippen LogP contribution >= 0.6 is 0 Å². The molecule has 0 unspecified atom stereocenters. The van der Waals surface area contributed by atoms with Crippen molar-refractivity contribution in [1.29, 1.82) is 0 Å². The van der Waals surface area contributed by atoms with Crippen molar-refractivity contribution in [1.82, 2.24) is 9.80 Å². The molecular formula is C39H48N2O. The summed E-state index contributed by atoms with van der Waals surface area (Å²) in [5, 5.41) is 0. The number of carbonyl (C=O) groups is 1. The molecule has 3 heteroatoms. The zero-order chi connectivity index (χ0) is 27.7. The number of likely N-dealkylation sites (tertiary alicyclic amines) is 2. The molecule has 10 fully saturated rings. The summed E-state index contributed by atoms with van der Waals surface area (Å²) in [6.45, 7) is 3.72. The first-order valence-corrected chi connectivity index (χ1v) is 17.6. The third kappa shape index (κ3) is 3.39. The van der Waals surface area contributed by atoms with Gasteiger partial charge in [0.1, 0.15) is 0 Å². The minimum atomic E-state index is -0.458. The highest BCUT2D eigenvalue weighted by Gasteiger charge is 2.68. The molecule has 0 aromatic heterocycles. The predicted molar refractivity (Wildman–Crippen MR) is 166 cm³/mol. The van der Waals surface area contributed by atoms with Gasteiger partial charge in [-0.2, -0.15) is 0 Å². The van der Waals surface area contributed by atoms with Crippen molar-refractivity contribution in [3.63, 3.8) is 0 Å². The summed E-state index contributed by atoms with van der Waals surface area (Å²) in [6, 6.07) is 22.4. The van der Waals surface area contributed by atoms with E-state index in [0.29, 0.717) is 16.9 Å². The van der Waals surface area contributed by atoms with E-state index in [1.54, 1.807) is 0 Å². The lowest BCUT2D eigenvalue weighted by atomic mass is 9.49. The van der Waals surface area contributed by atoms with Crippen molar-refractivity contribution in [3.8, 4) is 0 Å². The second-order valence-electron chi connectivity index (χ2n) is 17.2. The summed E-state index contributed by atoms with van der Waals surface area (Å²) in [4.78, 5) is 21.5. The Labute approximate surface area is 252 Å². The van der Waals surface area contributed by atoms with Crippen molar-refractivity contribution in [2.24, 2.45) is 35.5 Å². The minimum absolute atomic E-state index is 0.304.